The molecule has 0 atom stereocenters. The van der Waals surface area contributed by atoms with E-state index >= 15 is 0 Å². The first-order valence-corrected chi connectivity index (χ1v) is 21.3. The second-order valence-electron chi connectivity index (χ2n) is 14.0. The highest BCUT2D eigenvalue weighted by Crippen LogP contribution is 2.24. The number of nitrogens with two attached hydrogens (primary N) is 1. The summed E-state index contributed by atoms with van der Waals surface area (Å²) in [6.45, 7) is 5.22. The van der Waals surface area contributed by atoms with Gasteiger partial charge in [-0.25, -0.2) is 29.8 Å². The highest BCUT2D eigenvalue weighted by atomic mass is 32.2. The summed E-state index contributed by atoms with van der Waals surface area (Å²) in [6, 6.07) is 24.4. The average molecular weight is 943 g/mol. The fourth-order valence-electron chi connectivity index (χ4n) is 6.16. The van der Waals surface area contributed by atoms with E-state index in [0.29, 0.717) is 62.6 Å². The second kappa shape index (κ2) is 23.4. The molecule has 9 aromatic rings. The van der Waals surface area contributed by atoms with Crippen LogP contribution in [0.1, 0.15) is 39.2 Å². The van der Waals surface area contributed by atoms with Crippen molar-refractivity contribution in [3.63, 3.8) is 0 Å². The maximum Gasteiger partial charge on any atom is 0.295 e. The number of hydrogen-bond donors (Lipinski definition) is 3. The van der Waals surface area contributed by atoms with Crippen molar-refractivity contribution in [3.05, 3.63) is 172 Å². The Balaban J connectivity index is 0.000000166. The molecule has 0 spiro atoms. The Morgan fingerprint density at radius 3 is 1.77 bits per heavy atom. The number of nitrogen functional groups attached to an aromatic ring is 1. The van der Waals surface area contributed by atoms with E-state index in [0.717, 1.165) is 22.2 Å². The molecule has 0 saturated carbocycles. The van der Waals surface area contributed by atoms with Gasteiger partial charge in [0.1, 0.15) is 5.82 Å². The average Bonchev–Trinajstić information content (AvgIpc) is 3.98. The van der Waals surface area contributed by atoms with Crippen LogP contribution in [0.3, 0.4) is 0 Å². The Labute approximate surface area is 394 Å². The van der Waals surface area contributed by atoms with Crippen molar-refractivity contribution in [1.82, 2.24) is 49.1 Å². The quantitative estimate of drug-likeness (QED) is 0.0925. The minimum Gasteiger partial charge on any atom is -0.481 e. The number of nitrogens with zero attached hydrogens (tertiary/aromatic N) is 13. The van der Waals surface area contributed by atoms with Gasteiger partial charge in [0, 0.05) is 61.3 Å². The molecular formula is C47H40N15O6S+. The highest BCUT2D eigenvalue weighted by Gasteiger charge is 2.16. The zero-order valence-corrected chi connectivity index (χ0v) is 38.2. The van der Waals surface area contributed by atoms with E-state index in [1.165, 1.54) is 24.0 Å². The summed E-state index contributed by atoms with van der Waals surface area (Å²) in [6.07, 6.45) is 19.6. The molecule has 0 bridgehead atoms. The van der Waals surface area contributed by atoms with Gasteiger partial charge in [-0.2, -0.15) is 44.4 Å². The van der Waals surface area contributed by atoms with E-state index in [1.54, 1.807) is 140 Å². The fraction of sp³-hybridized carbons (Fsp3) is 0.106. The molecule has 0 unspecified atom stereocenters. The number of aromatic amines is 1. The van der Waals surface area contributed by atoms with Crippen molar-refractivity contribution in [2.75, 3.05) is 20.1 Å². The van der Waals surface area contributed by atoms with Crippen molar-refractivity contribution < 1.29 is 27.1 Å². The van der Waals surface area contributed by atoms with Crippen molar-refractivity contribution in [2.45, 2.75) is 25.7 Å². The van der Waals surface area contributed by atoms with Crippen LogP contribution in [-0.4, -0.2) is 76.3 Å². The molecular weight excluding hydrogens is 903 g/mol. The molecule has 9 rings (SSSR count). The topological polar surface area (TPSA) is 306 Å². The van der Waals surface area contributed by atoms with Crippen LogP contribution in [-0.2, 0) is 10.1 Å². The first-order chi connectivity index (χ1) is 33.1. The van der Waals surface area contributed by atoms with Crippen LogP contribution in [0.4, 0.5) is 0 Å². The fourth-order valence-corrected chi connectivity index (χ4v) is 7.09. The number of ether oxygens (including phenoxy) is 2. The maximum absolute atomic E-state index is 11.3. The van der Waals surface area contributed by atoms with Gasteiger partial charge in [0.15, 0.2) is 5.82 Å². The lowest BCUT2D eigenvalue weighted by Gasteiger charge is -2.07. The number of hydrogen-bond acceptors (Lipinski definition) is 16. The lowest BCUT2D eigenvalue weighted by atomic mass is 10.1. The van der Waals surface area contributed by atoms with E-state index in [9.17, 15) is 13.2 Å². The van der Waals surface area contributed by atoms with E-state index in [-0.39, 0.29) is 10.5 Å². The summed E-state index contributed by atoms with van der Waals surface area (Å²) in [4.78, 5) is 34.1. The lowest BCUT2D eigenvalue weighted by Crippen LogP contribution is -2.43. The lowest BCUT2D eigenvalue weighted by molar-refractivity contribution is -0.638. The third-order valence-electron chi connectivity index (χ3n) is 9.12. The zero-order chi connectivity index (χ0) is 50.1. The van der Waals surface area contributed by atoms with Gasteiger partial charge in [0.25, 0.3) is 15.7 Å². The molecule has 4 N–H and O–H groups in total. The van der Waals surface area contributed by atoms with E-state index in [4.69, 9.17) is 42.1 Å². The third kappa shape index (κ3) is 13.6. The Bertz CT molecular complexity index is 3580. The number of aryl methyl sites for hydroxylation is 3. The van der Waals surface area contributed by atoms with Gasteiger partial charge in [-0.05, 0) is 62.1 Å². The number of pyridine rings is 3. The van der Waals surface area contributed by atoms with Gasteiger partial charge in [0.05, 0.1) is 88.6 Å². The summed E-state index contributed by atoms with van der Waals surface area (Å²) in [7, 11) is -0.999. The van der Waals surface area contributed by atoms with Crippen LogP contribution in [0, 0.1) is 67.1 Å². The van der Waals surface area contributed by atoms with Gasteiger partial charge < -0.3 is 14.5 Å². The monoisotopic (exact) mass is 942 g/mol. The summed E-state index contributed by atoms with van der Waals surface area (Å²) in [5.74, 6) is 9.87. The highest BCUT2D eigenvalue weighted by molar-refractivity contribution is 7.86. The number of methoxy groups -OCH3 is 2. The standard InChI is InChI=1S/C13H9N5O.C12H7N5O.C9H12O3S.C7H6N2O.C6H6N3/c1-19-12-2-4-15-13(17-12)10-8-16-18-5-3-9(7-14)6-11(10)18;13-6-8-2-4-17-10(5-8)9(7-15-17)12-14-3-1-11(18)16-12;1-6-4-7(2)9(8(3)5-6)13(10,11)12;1-3-6-8-5-4-7(9-6)10-2;7-5-6-1-3-9(8)4-2-6/h2-6,8H,1H3;1-5,7H,(H,14,16,18);4-5H,1-3H3,(H,10,11,12);1,4-5H,2H3;1-4H,8H2/q;;;;+1. The van der Waals surface area contributed by atoms with Crippen LogP contribution >= 0.6 is 0 Å². The first kappa shape index (κ1) is 50.1. The molecule has 69 heavy (non-hydrogen) atoms. The van der Waals surface area contributed by atoms with Gasteiger partial charge in [0.2, 0.25) is 30.0 Å². The molecule has 8 aromatic heterocycles. The van der Waals surface area contributed by atoms with Crippen molar-refractivity contribution in [1.29, 1.82) is 15.8 Å². The smallest absolute Gasteiger partial charge is 0.295 e. The summed E-state index contributed by atoms with van der Waals surface area (Å²) in [5, 5.41) is 34.5. The normalized spacial score (nSPS) is 10.1. The molecule has 0 aliphatic rings. The number of rotatable bonds is 5. The van der Waals surface area contributed by atoms with Crippen molar-refractivity contribution in [3.8, 4) is 65.1 Å². The van der Waals surface area contributed by atoms with Crippen LogP contribution < -0.4 is 25.6 Å². The van der Waals surface area contributed by atoms with Crippen LogP contribution in [0.5, 0.6) is 11.8 Å². The maximum atomic E-state index is 11.3. The molecule has 21 nitrogen and oxygen atoms in total. The van der Waals surface area contributed by atoms with Crippen molar-refractivity contribution >= 4 is 21.2 Å². The van der Waals surface area contributed by atoms with E-state index in [1.807, 2.05) is 13.0 Å². The molecule has 8 heterocycles. The molecule has 344 valence electrons. The third-order valence-corrected chi connectivity index (χ3v) is 10.3. The Kier molecular flexibility index (Phi) is 17.0. The minimum atomic E-state index is -4.08. The van der Waals surface area contributed by atoms with Crippen LogP contribution in [0.15, 0.2) is 132 Å². The zero-order valence-electron chi connectivity index (χ0n) is 37.4. The minimum absolute atomic E-state index is 0.0260. The number of H-pyrrole nitrogens is 1. The Morgan fingerprint density at radius 2 is 1.25 bits per heavy atom. The van der Waals surface area contributed by atoms with E-state index in [2.05, 4.69) is 58.2 Å². The molecule has 0 saturated heterocycles. The number of aromatic nitrogens is 11. The molecule has 0 aliphatic carbocycles. The predicted molar refractivity (Wildman–Crippen MR) is 250 cm³/mol. The molecule has 0 fully saturated rings. The Morgan fingerprint density at radius 1 is 0.725 bits per heavy atom. The molecule has 0 aliphatic heterocycles. The molecule has 22 heteroatoms. The van der Waals surface area contributed by atoms with Gasteiger partial charge >= 0.3 is 0 Å². The molecule has 0 radical (unpaired) electrons. The van der Waals surface area contributed by atoms with E-state index < -0.39 is 10.1 Å². The number of nitriles is 3. The first-order valence-electron chi connectivity index (χ1n) is 19.8. The second-order valence-corrected chi connectivity index (χ2v) is 15.3. The molecule has 0 amide bonds. The largest absolute Gasteiger partial charge is 0.481 e. The summed E-state index contributed by atoms with van der Waals surface area (Å²) in [5.41, 5.74) is 6.60. The Hall–Kier alpha value is -9.87. The van der Waals surface area contributed by atoms with Gasteiger partial charge in [-0.3, -0.25) is 9.35 Å². The van der Waals surface area contributed by atoms with Crippen LogP contribution in [0.2, 0.25) is 0 Å². The summed E-state index contributed by atoms with van der Waals surface area (Å²) >= 11 is 0. The van der Waals surface area contributed by atoms with Gasteiger partial charge in [-0.1, -0.05) is 22.4 Å². The number of terminal acetylenes is 1. The molecule has 1 aromatic carbocycles. The van der Waals surface area contributed by atoms with Crippen molar-refractivity contribution in [2.24, 2.45) is 0 Å². The SMILES string of the molecule is C#Cc1nccc(OC)n1.COc1ccnc(-c2cnn3ccc(C#N)cc23)n1.Cc1cc(C)c(S(=O)(=O)O)c(C)c1.N#Cc1cc[n+](N)cc1.N#Cc1ccn2ncc(-c3nccc(=O)[nH]3)c2c1. The van der Waals surface area contributed by atoms with Crippen LogP contribution in [0.25, 0.3) is 33.8 Å². The van der Waals surface area contributed by atoms with Gasteiger partial charge in [-0.15, -0.1) is 6.42 Å². The number of benzene rings is 1. The summed E-state index contributed by atoms with van der Waals surface area (Å²) < 4.78 is 45.4. The predicted octanol–water partition coefficient (Wildman–Crippen LogP) is 4.51. The number of fused-ring (bicyclic) bond motifs is 2. The number of nitrogens with one attached hydrogen (secondary N) is 1.